The topological polar surface area (TPSA) is 15.3 Å². The third-order valence-corrected chi connectivity index (χ3v) is 2.20. The van der Waals surface area contributed by atoms with Gasteiger partial charge < -0.3 is 5.32 Å². The molecule has 0 amide bonds. The van der Waals surface area contributed by atoms with Crippen LogP contribution in [-0.4, -0.2) is 43.3 Å². The average molecular weight is 174 g/mol. The van der Waals surface area contributed by atoms with Crippen LogP contribution in [0.1, 0.15) is 20.3 Å². The molecular weight excluding hydrogens is 155 g/mol. The van der Waals surface area contributed by atoms with Crippen LogP contribution < -0.4 is 5.32 Å². The van der Waals surface area contributed by atoms with Crippen molar-refractivity contribution in [1.82, 2.24) is 10.2 Å². The molecule has 72 valence electrons. The fraction of sp³-hybridized carbons (Fsp3) is 1.00. The highest BCUT2D eigenvalue weighted by Gasteiger charge is 2.20. The van der Waals surface area contributed by atoms with Crippen molar-refractivity contribution in [3.63, 3.8) is 0 Å². The van der Waals surface area contributed by atoms with E-state index in [1.807, 2.05) is 0 Å². The molecule has 1 rings (SSSR count). The lowest BCUT2D eigenvalue weighted by Crippen LogP contribution is -2.33. The molecule has 3 heteroatoms. The van der Waals surface area contributed by atoms with Crippen LogP contribution in [0.5, 0.6) is 0 Å². The number of hydrogen-bond donors (Lipinski definition) is 1. The van der Waals surface area contributed by atoms with Gasteiger partial charge in [0.1, 0.15) is 6.17 Å². The Morgan fingerprint density at radius 2 is 2.33 bits per heavy atom. The normalized spacial score (nSPS) is 25.5. The SMILES string of the molecule is CC(C)NCCN1CCC(F)C1. The zero-order chi connectivity index (χ0) is 8.97. The highest BCUT2D eigenvalue weighted by molar-refractivity contribution is 4.75. The van der Waals surface area contributed by atoms with Crippen molar-refractivity contribution in [2.24, 2.45) is 0 Å². The molecule has 0 bridgehead atoms. The van der Waals surface area contributed by atoms with Crippen LogP contribution >= 0.6 is 0 Å². The average Bonchev–Trinajstić information content (AvgIpc) is 2.35. The number of alkyl halides is 1. The lowest BCUT2D eigenvalue weighted by atomic mass is 10.3. The van der Waals surface area contributed by atoms with E-state index >= 15 is 0 Å². The van der Waals surface area contributed by atoms with Gasteiger partial charge in [-0.1, -0.05) is 13.8 Å². The van der Waals surface area contributed by atoms with Gasteiger partial charge in [0.15, 0.2) is 0 Å². The van der Waals surface area contributed by atoms with Crippen molar-refractivity contribution >= 4 is 0 Å². The summed E-state index contributed by atoms with van der Waals surface area (Å²) in [4.78, 5) is 2.18. The molecule has 1 N–H and O–H groups in total. The van der Waals surface area contributed by atoms with Crippen LogP contribution in [0.4, 0.5) is 4.39 Å². The second-order valence-electron chi connectivity index (χ2n) is 3.80. The van der Waals surface area contributed by atoms with Crippen molar-refractivity contribution in [2.75, 3.05) is 26.2 Å². The molecule has 0 aromatic carbocycles. The number of likely N-dealkylation sites (tertiary alicyclic amines) is 1. The van der Waals surface area contributed by atoms with Crippen LogP contribution in [0.25, 0.3) is 0 Å². The number of nitrogens with zero attached hydrogens (tertiary/aromatic N) is 1. The zero-order valence-electron chi connectivity index (χ0n) is 8.02. The Labute approximate surface area is 74.1 Å². The smallest absolute Gasteiger partial charge is 0.114 e. The molecule has 1 unspecified atom stereocenters. The summed E-state index contributed by atoms with van der Waals surface area (Å²) < 4.78 is 12.7. The van der Waals surface area contributed by atoms with Crippen LogP contribution in [0.15, 0.2) is 0 Å². The Hall–Kier alpha value is -0.150. The summed E-state index contributed by atoms with van der Waals surface area (Å²) in [7, 11) is 0. The predicted molar refractivity (Wildman–Crippen MR) is 49.1 cm³/mol. The molecular formula is C9H19FN2. The molecule has 2 nitrogen and oxygen atoms in total. The Morgan fingerprint density at radius 3 is 2.83 bits per heavy atom. The zero-order valence-corrected chi connectivity index (χ0v) is 8.02. The molecule has 0 spiro atoms. The maximum Gasteiger partial charge on any atom is 0.114 e. The molecule has 1 aliphatic heterocycles. The molecule has 0 aromatic rings. The van der Waals surface area contributed by atoms with E-state index in [4.69, 9.17) is 0 Å². The van der Waals surface area contributed by atoms with E-state index in [0.717, 1.165) is 26.1 Å². The maximum atomic E-state index is 12.7. The van der Waals surface area contributed by atoms with Crippen molar-refractivity contribution < 1.29 is 4.39 Å². The van der Waals surface area contributed by atoms with Crippen molar-refractivity contribution in [3.05, 3.63) is 0 Å². The van der Waals surface area contributed by atoms with Gasteiger partial charge in [0.05, 0.1) is 0 Å². The van der Waals surface area contributed by atoms with E-state index in [-0.39, 0.29) is 0 Å². The molecule has 0 aromatic heterocycles. The first kappa shape index (κ1) is 9.93. The van der Waals surface area contributed by atoms with E-state index in [2.05, 4.69) is 24.1 Å². The first-order valence-corrected chi connectivity index (χ1v) is 4.78. The lowest BCUT2D eigenvalue weighted by molar-refractivity contribution is 0.285. The van der Waals surface area contributed by atoms with Gasteiger partial charge in [-0.3, -0.25) is 4.90 Å². The molecule has 0 radical (unpaired) electrons. The highest BCUT2D eigenvalue weighted by atomic mass is 19.1. The third-order valence-electron chi connectivity index (χ3n) is 2.20. The molecule has 1 fully saturated rings. The van der Waals surface area contributed by atoms with Gasteiger partial charge in [0, 0.05) is 32.2 Å². The number of hydrogen-bond acceptors (Lipinski definition) is 2. The second kappa shape index (κ2) is 4.77. The van der Waals surface area contributed by atoms with Gasteiger partial charge in [-0.25, -0.2) is 4.39 Å². The minimum atomic E-state index is -0.580. The molecule has 1 aliphatic rings. The summed E-state index contributed by atoms with van der Waals surface area (Å²) in [5, 5.41) is 3.32. The summed E-state index contributed by atoms with van der Waals surface area (Å²) >= 11 is 0. The fourth-order valence-corrected chi connectivity index (χ4v) is 1.50. The van der Waals surface area contributed by atoms with Crippen molar-refractivity contribution in [2.45, 2.75) is 32.5 Å². The molecule has 12 heavy (non-hydrogen) atoms. The largest absolute Gasteiger partial charge is 0.313 e. The highest BCUT2D eigenvalue weighted by Crippen LogP contribution is 2.10. The van der Waals surface area contributed by atoms with E-state index < -0.39 is 6.17 Å². The minimum Gasteiger partial charge on any atom is -0.313 e. The van der Waals surface area contributed by atoms with Gasteiger partial charge in [-0.2, -0.15) is 0 Å². The first-order chi connectivity index (χ1) is 5.68. The minimum absolute atomic E-state index is 0.536. The molecule has 0 saturated carbocycles. The van der Waals surface area contributed by atoms with Crippen LogP contribution in [0.3, 0.4) is 0 Å². The van der Waals surface area contributed by atoms with E-state index in [9.17, 15) is 4.39 Å². The Morgan fingerprint density at radius 1 is 1.58 bits per heavy atom. The van der Waals surface area contributed by atoms with E-state index in [1.165, 1.54) is 0 Å². The third kappa shape index (κ3) is 3.50. The number of halogens is 1. The van der Waals surface area contributed by atoms with Gasteiger partial charge in [-0.05, 0) is 6.42 Å². The van der Waals surface area contributed by atoms with Crippen molar-refractivity contribution in [1.29, 1.82) is 0 Å². The molecule has 1 atom stereocenters. The number of nitrogens with one attached hydrogen (secondary N) is 1. The fourth-order valence-electron chi connectivity index (χ4n) is 1.50. The van der Waals surface area contributed by atoms with E-state index in [1.54, 1.807) is 0 Å². The van der Waals surface area contributed by atoms with Gasteiger partial charge in [0.2, 0.25) is 0 Å². The summed E-state index contributed by atoms with van der Waals surface area (Å²) in [5.41, 5.74) is 0. The Kier molecular flexibility index (Phi) is 3.95. The van der Waals surface area contributed by atoms with Crippen LogP contribution in [0.2, 0.25) is 0 Å². The Bertz CT molecular complexity index is 128. The standard InChI is InChI=1S/C9H19FN2/c1-8(2)11-4-6-12-5-3-9(10)7-12/h8-9,11H,3-7H2,1-2H3. The van der Waals surface area contributed by atoms with Crippen LogP contribution in [-0.2, 0) is 0 Å². The summed E-state index contributed by atoms with van der Waals surface area (Å²) in [6.07, 6.45) is 0.144. The first-order valence-electron chi connectivity index (χ1n) is 4.78. The predicted octanol–water partition coefficient (Wildman–Crippen LogP) is 1.03. The lowest BCUT2D eigenvalue weighted by Gasteiger charge is -2.15. The molecule has 0 aliphatic carbocycles. The van der Waals surface area contributed by atoms with Gasteiger partial charge >= 0.3 is 0 Å². The molecule has 1 saturated heterocycles. The quantitative estimate of drug-likeness (QED) is 0.684. The monoisotopic (exact) mass is 174 g/mol. The van der Waals surface area contributed by atoms with Gasteiger partial charge in [-0.15, -0.1) is 0 Å². The van der Waals surface area contributed by atoms with Gasteiger partial charge in [0.25, 0.3) is 0 Å². The second-order valence-corrected chi connectivity index (χ2v) is 3.80. The summed E-state index contributed by atoms with van der Waals surface area (Å²) in [6, 6.07) is 0.536. The number of rotatable bonds is 4. The Balaban J connectivity index is 2.00. The van der Waals surface area contributed by atoms with Crippen molar-refractivity contribution in [3.8, 4) is 0 Å². The van der Waals surface area contributed by atoms with E-state index in [0.29, 0.717) is 12.6 Å². The molecule has 1 heterocycles. The van der Waals surface area contributed by atoms with Crippen LogP contribution in [0, 0.1) is 0 Å². The summed E-state index contributed by atoms with van der Waals surface area (Å²) in [6.45, 7) is 7.79. The maximum absolute atomic E-state index is 12.7. The summed E-state index contributed by atoms with van der Waals surface area (Å²) in [5.74, 6) is 0.